The topological polar surface area (TPSA) is 70.9 Å². The Bertz CT molecular complexity index is 885. The smallest absolute Gasteiger partial charge is 0.279 e. The van der Waals surface area contributed by atoms with Crippen LogP contribution in [0.5, 0.6) is 0 Å². The summed E-state index contributed by atoms with van der Waals surface area (Å²) < 4.78 is 39.1. The largest absolute Gasteiger partial charge is 0.326 e. The summed E-state index contributed by atoms with van der Waals surface area (Å²) in [4.78, 5) is 13.1. The van der Waals surface area contributed by atoms with E-state index < -0.39 is 10.0 Å². The number of rotatable bonds is 7. The highest BCUT2D eigenvalue weighted by Gasteiger charge is 2.18. The third kappa shape index (κ3) is 5.10. The molecule has 0 heterocycles. The van der Waals surface area contributed by atoms with Crippen LogP contribution < -0.4 is 10.2 Å². The molecule has 1 atom stereocenters. The highest BCUT2D eigenvalue weighted by atomic mass is 32.2. The first-order chi connectivity index (χ1) is 12.2. The quantitative estimate of drug-likeness (QED) is 0.744. The van der Waals surface area contributed by atoms with Gasteiger partial charge in [0.25, 0.3) is 5.91 Å². The molecular formula is C18H23FN3O3S+. The lowest BCUT2D eigenvalue weighted by molar-refractivity contribution is -0.885. The Hall–Kier alpha value is -2.29. The number of amides is 1. The summed E-state index contributed by atoms with van der Waals surface area (Å²) in [5.41, 5.74) is 0.938. The van der Waals surface area contributed by atoms with Crippen molar-refractivity contribution in [2.75, 3.05) is 33.0 Å². The molecule has 8 heteroatoms. The molecule has 0 saturated carbocycles. The first-order valence-corrected chi connectivity index (χ1v) is 9.51. The molecule has 2 N–H and O–H groups in total. The Labute approximate surface area is 153 Å². The number of nitrogens with zero attached hydrogens (tertiary/aromatic N) is 1. The molecule has 0 aliphatic carbocycles. The molecule has 0 aliphatic rings. The molecule has 0 radical (unpaired) electrons. The number of carbonyl (C=O) groups is 1. The fraction of sp³-hybridized carbons (Fsp3) is 0.278. The van der Waals surface area contributed by atoms with E-state index in [-0.39, 0.29) is 23.2 Å². The van der Waals surface area contributed by atoms with Gasteiger partial charge in [-0.15, -0.1) is 0 Å². The molecule has 0 aromatic heterocycles. The minimum atomic E-state index is -3.57. The minimum absolute atomic E-state index is 0.104. The van der Waals surface area contributed by atoms with Crippen LogP contribution in [0.15, 0.2) is 53.4 Å². The van der Waals surface area contributed by atoms with Crippen molar-refractivity contribution < 1.29 is 22.5 Å². The summed E-state index contributed by atoms with van der Waals surface area (Å²) in [6.45, 7) is 0.494. The number of nitrogens with one attached hydrogen (secondary N) is 2. The Morgan fingerprint density at radius 3 is 2.50 bits per heavy atom. The molecule has 26 heavy (non-hydrogen) atoms. The van der Waals surface area contributed by atoms with E-state index in [9.17, 15) is 17.6 Å². The summed E-state index contributed by atoms with van der Waals surface area (Å²) in [7, 11) is 1.11. The average molecular weight is 380 g/mol. The first-order valence-electron chi connectivity index (χ1n) is 8.07. The van der Waals surface area contributed by atoms with Crippen LogP contribution in [-0.2, 0) is 21.4 Å². The molecule has 140 valence electrons. The number of likely N-dealkylation sites (N-methyl/N-ethyl adjacent to an activating group) is 1. The van der Waals surface area contributed by atoms with Gasteiger partial charge in [0.1, 0.15) is 12.4 Å². The van der Waals surface area contributed by atoms with E-state index in [1.807, 2.05) is 0 Å². The number of hydrogen-bond acceptors (Lipinski definition) is 3. The molecule has 6 nitrogen and oxygen atoms in total. The maximum Gasteiger partial charge on any atom is 0.279 e. The molecule has 2 rings (SSSR count). The zero-order valence-corrected chi connectivity index (χ0v) is 15.8. The van der Waals surface area contributed by atoms with Crippen LogP contribution in [0.1, 0.15) is 5.56 Å². The van der Waals surface area contributed by atoms with Gasteiger partial charge >= 0.3 is 0 Å². The zero-order chi connectivity index (χ0) is 19.3. The predicted octanol–water partition coefficient (Wildman–Crippen LogP) is 0.729. The summed E-state index contributed by atoms with van der Waals surface area (Å²) in [6, 6.07) is 12.5. The van der Waals surface area contributed by atoms with Gasteiger partial charge in [-0.1, -0.05) is 24.3 Å². The van der Waals surface area contributed by atoms with Crippen molar-refractivity contribution in [2.24, 2.45) is 0 Å². The summed E-state index contributed by atoms with van der Waals surface area (Å²) >= 11 is 0. The number of benzene rings is 2. The summed E-state index contributed by atoms with van der Waals surface area (Å²) in [6.07, 6.45) is 0. The number of hydrogen-bond donors (Lipinski definition) is 2. The third-order valence-electron chi connectivity index (χ3n) is 3.81. The van der Waals surface area contributed by atoms with E-state index in [4.69, 9.17) is 0 Å². The van der Waals surface area contributed by atoms with Gasteiger partial charge in [0, 0.05) is 25.3 Å². The van der Waals surface area contributed by atoms with Gasteiger partial charge in [-0.05, 0) is 24.3 Å². The van der Waals surface area contributed by atoms with Gasteiger partial charge in [-0.2, -0.15) is 0 Å². The van der Waals surface area contributed by atoms with Crippen LogP contribution in [-0.4, -0.2) is 46.3 Å². The van der Waals surface area contributed by atoms with E-state index in [0.29, 0.717) is 17.8 Å². The SMILES string of the molecule is CN(C)S(=O)(=O)c1cccc(NC(=O)C[NH+](C)Cc2ccccc2F)c1. The van der Waals surface area contributed by atoms with Gasteiger partial charge in [0.2, 0.25) is 10.0 Å². The highest BCUT2D eigenvalue weighted by molar-refractivity contribution is 7.89. The molecule has 1 unspecified atom stereocenters. The van der Waals surface area contributed by atoms with Gasteiger partial charge in [-0.25, -0.2) is 17.1 Å². The first kappa shape index (κ1) is 20.0. The van der Waals surface area contributed by atoms with E-state index in [0.717, 1.165) is 9.21 Å². The van der Waals surface area contributed by atoms with Gasteiger partial charge in [0.15, 0.2) is 6.54 Å². The number of quaternary nitrogens is 1. The monoisotopic (exact) mass is 380 g/mol. The van der Waals surface area contributed by atoms with Gasteiger partial charge < -0.3 is 10.2 Å². The van der Waals surface area contributed by atoms with Crippen LogP contribution in [0.2, 0.25) is 0 Å². The van der Waals surface area contributed by atoms with Crippen LogP contribution in [0.3, 0.4) is 0 Å². The molecule has 0 aliphatic heterocycles. The molecular weight excluding hydrogens is 357 g/mol. The van der Waals surface area contributed by atoms with E-state index in [1.54, 1.807) is 37.4 Å². The van der Waals surface area contributed by atoms with Crippen molar-refractivity contribution >= 4 is 21.6 Å². The fourth-order valence-electron chi connectivity index (χ4n) is 2.45. The zero-order valence-electron chi connectivity index (χ0n) is 15.0. The van der Waals surface area contributed by atoms with Crippen molar-refractivity contribution in [3.05, 3.63) is 59.9 Å². The second-order valence-electron chi connectivity index (χ2n) is 6.27. The fourth-order valence-corrected chi connectivity index (χ4v) is 3.40. The van der Waals surface area contributed by atoms with E-state index >= 15 is 0 Å². The molecule has 2 aromatic rings. The van der Waals surface area contributed by atoms with Gasteiger partial charge in [0.05, 0.1) is 11.9 Å². The number of sulfonamides is 1. The van der Waals surface area contributed by atoms with Crippen LogP contribution in [0.4, 0.5) is 10.1 Å². The van der Waals surface area contributed by atoms with Crippen molar-refractivity contribution in [2.45, 2.75) is 11.4 Å². The van der Waals surface area contributed by atoms with Crippen LogP contribution in [0, 0.1) is 5.82 Å². The predicted molar refractivity (Wildman–Crippen MR) is 97.8 cm³/mol. The lowest BCUT2D eigenvalue weighted by Gasteiger charge is -2.15. The molecule has 0 saturated heterocycles. The normalized spacial score (nSPS) is 12.8. The maximum absolute atomic E-state index is 13.7. The van der Waals surface area contributed by atoms with Crippen molar-refractivity contribution in [3.63, 3.8) is 0 Å². The Morgan fingerprint density at radius 1 is 1.15 bits per heavy atom. The van der Waals surface area contributed by atoms with Crippen molar-refractivity contribution in [1.82, 2.24) is 4.31 Å². The second-order valence-corrected chi connectivity index (χ2v) is 8.42. The minimum Gasteiger partial charge on any atom is -0.326 e. The van der Waals surface area contributed by atoms with Crippen LogP contribution >= 0.6 is 0 Å². The number of halogens is 1. The van der Waals surface area contributed by atoms with Crippen molar-refractivity contribution in [1.29, 1.82) is 0 Å². The lowest BCUT2D eigenvalue weighted by Crippen LogP contribution is -3.08. The van der Waals surface area contributed by atoms with E-state index in [1.165, 1.54) is 32.3 Å². The molecule has 1 amide bonds. The lowest BCUT2D eigenvalue weighted by atomic mass is 10.2. The van der Waals surface area contributed by atoms with Crippen LogP contribution in [0.25, 0.3) is 0 Å². The summed E-state index contributed by atoms with van der Waals surface area (Å²) in [5.74, 6) is -0.577. The van der Waals surface area contributed by atoms with Crippen molar-refractivity contribution in [3.8, 4) is 0 Å². The molecule has 2 aromatic carbocycles. The number of carbonyl (C=O) groups excluding carboxylic acids is 1. The van der Waals surface area contributed by atoms with E-state index in [2.05, 4.69) is 5.32 Å². The van der Waals surface area contributed by atoms with Gasteiger partial charge in [-0.3, -0.25) is 4.79 Å². The summed E-state index contributed by atoms with van der Waals surface area (Å²) in [5, 5.41) is 2.69. The maximum atomic E-state index is 13.7. The highest BCUT2D eigenvalue weighted by Crippen LogP contribution is 2.17. The average Bonchev–Trinajstić information content (AvgIpc) is 2.56. The molecule has 0 spiro atoms. The third-order valence-corrected chi connectivity index (χ3v) is 5.62. The standard InChI is InChI=1S/C18H22FN3O3S/c1-21(2)26(24,25)16-9-6-8-15(11-16)20-18(23)13-22(3)12-14-7-4-5-10-17(14)19/h4-11H,12-13H2,1-3H3,(H,20,23)/p+1. The molecule has 0 bridgehead atoms. The molecule has 0 fully saturated rings. The Kier molecular flexibility index (Phi) is 6.47. The Balaban J connectivity index is 2.01. The second kappa shape index (κ2) is 8.39. The Morgan fingerprint density at radius 2 is 1.85 bits per heavy atom. The number of anilines is 1.